The lowest BCUT2D eigenvalue weighted by Gasteiger charge is -2.37. The second-order valence-electron chi connectivity index (χ2n) is 6.60. The average Bonchev–Trinajstić information content (AvgIpc) is 2.56. The van der Waals surface area contributed by atoms with E-state index in [9.17, 15) is 0 Å². The Labute approximate surface area is 154 Å². The summed E-state index contributed by atoms with van der Waals surface area (Å²) >= 11 is 3.60. The number of nitrogens with zero attached hydrogens (tertiary/aromatic N) is 1. The zero-order valence-corrected chi connectivity index (χ0v) is 16.1. The smallest absolute Gasteiger partial charge is 0.0480 e. The SMILES string of the molecule is Brc1cccc(CN(CC2CCNCC2)C2CCOCC2)c1.Cl. The third-order valence-corrected chi connectivity index (χ3v) is 5.43. The first-order valence-corrected chi connectivity index (χ1v) is 9.37. The molecule has 2 fully saturated rings. The first-order chi connectivity index (χ1) is 10.8. The summed E-state index contributed by atoms with van der Waals surface area (Å²) in [6.07, 6.45) is 4.99. The molecule has 2 aliphatic rings. The minimum absolute atomic E-state index is 0. The molecule has 0 spiro atoms. The third kappa shape index (κ3) is 6.02. The quantitative estimate of drug-likeness (QED) is 0.808. The molecule has 0 saturated carbocycles. The van der Waals surface area contributed by atoms with Crippen molar-refractivity contribution >= 4 is 28.3 Å². The number of hydrogen-bond donors (Lipinski definition) is 1. The number of nitrogens with one attached hydrogen (secondary N) is 1. The number of piperidine rings is 1. The van der Waals surface area contributed by atoms with Crippen molar-refractivity contribution < 1.29 is 4.74 Å². The maximum absolute atomic E-state index is 5.57. The first-order valence-electron chi connectivity index (χ1n) is 8.58. The molecule has 1 aromatic rings. The van der Waals surface area contributed by atoms with E-state index in [0.717, 1.165) is 25.7 Å². The minimum atomic E-state index is 0. The molecule has 3 nitrogen and oxygen atoms in total. The van der Waals surface area contributed by atoms with Crippen molar-refractivity contribution in [3.8, 4) is 0 Å². The summed E-state index contributed by atoms with van der Waals surface area (Å²) in [4.78, 5) is 2.72. The van der Waals surface area contributed by atoms with Crippen molar-refractivity contribution in [3.05, 3.63) is 34.3 Å². The van der Waals surface area contributed by atoms with Crippen LogP contribution in [-0.4, -0.2) is 43.8 Å². The van der Waals surface area contributed by atoms with E-state index >= 15 is 0 Å². The zero-order valence-electron chi connectivity index (χ0n) is 13.7. The van der Waals surface area contributed by atoms with Crippen molar-refractivity contribution in [2.24, 2.45) is 5.92 Å². The highest BCUT2D eigenvalue weighted by Crippen LogP contribution is 2.23. The fourth-order valence-corrected chi connectivity index (χ4v) is 4.11. The van der Waals surface area contributed by atoms with Gasteiger partial charge in [0, 0.05) is 36.8 Å². The predicted octanol–water partition coefficient (Wildman–Crippen LogP) is 3.85. The van der Waals surface area contributed by atoms with E-state index in [1.165, 1.54) is 55.4 Å². The van der Waals surface area contributed by atoms with Crippen LogP contribution in [0.15, 0.2) is 28.7 Å². The van der Waals surface area contributed by atoms with Crippen LogP contribution >= 0.6 is 28.3 Å². The summed E-state index contributed by atoms with van der Waals surface area (Å²) in [6.45, 7) is 6.51. The van der Waals surface area contributed by atoms with Gasteiger partial charge in [-0.25, -0.2) is 0 Å². The molecule has 23 heavy (non-hydrogen) atoms. The van der Waals surface area contributed by atoms with Crippen LogP contribution in [0, 0.1) is 5.92 Å². The fourth-order valence-electron chi connectivity index (χ4n) is 3.66. The molecule has 1 aromatic carbocycles. The van der Waals surface area contributed by atoms with Crippen LogP contribution in [0.3, 0.4) is 0 Å². The lowest BCUT2D eigenvalue weighted by atomic mass is 9.95. The van der Waals surface area contributed by atoms with Crippen LogP contribution in [0.5, 0.6) is 0 Å². The van der Waals surface area contributed by atoms with Crippen molar-refractivity contribution in [2.45, 2.75) is 38.3 Å². The summed E-state index contributed by atoms with van der Waals surface area (Å²) in [5.41, 5.74) is 1.41. The highest BCUT2D eigenvalue weighted by Gasteiger charge is 2.25. The Kier molecular flexibility index (Phi) is 8.34. The van der Waals surface area contributed by atoms with E-state index < -0.39 is 0 Å². The second kappa shape index (κ2) is 10.00. The molecule has 5 heteroatoms. The van der Waals surface area contributed by atoms with Crippen LogP contribution in [0.25, 0.3) is 0 Å². The maximum atomic E-state index is 5.57. The fraction of sp³-hybridized carbons (Fsp3) is 0.667. The first kappa shape index (κ1) is 19.2. The molecule has 0 radical (unpaired) electrons. The molecule has 2 heterocycles. The Balaban J connectivity index is 0.00000192. The van der Waals surface area contributed by atoms with E-state index in [2.05, 4.69) is 50.4 Å². The standard InChI is InChI=1S/C18H27BrN2O.ClH/c19-17-3-1-2-16(12-17)14-21(18-6-10-22-11-7-18)13-15-4-8-20-9-5-15;/h1-3,12,15,18,20H,4-11,13-14H2;1H. The molecule has 0 aliphatic carbocycles. The van der Waals surface area contributed by atoms with Gasteiger partial charge in [0.1, 0.15) is 0 Å². The van der Waals surface area contributed by atoms with Gasteiger partial charge in [0.2, 0.25) is 0 Å². The van der Waals surface area contributed by atoms with E-state index in [0.29, 0.717) is 6.04 Å². The van der Waals surface area contributed by atoms with Crippen LogP contribution < -0.4 is 5.32 Å². The maximum Gasteiger partial charge on any atom is 0.0480 e. The average molecular weight is 404 g/mol. The van der Waals surface area contributed by atoms with Gasteiger partial charge in [0.15, 0.2) is 0 Å². The lowest BCUT2D eigenvalue weighted by molar-refractivity contribution is 0.0229. The summed E-state index contributed by atoms with van der Waals surface area (Å²) in [6, 6.07) is 9.44. The van der Waals surface area contributed by atoms with E-state index in [4.69, 9.17) is 4.74 Å². The van der Waals surface area contributed by atoms with Gasteiger partial charge >= 0.3 is 0 Å². The minimum Gasteiger partial charge on any atom is -0.381 e. The molecule has 0 atom stereocenters. The largest absolute Gasteiger partial charge is 0.381 e. The summed E-state index contributed by atoms with van der Waals surface area (Å²) in [5.74, 6) is 0.844. The van der Waals surface area contributed by atoms with Crippen LogP contribution in [0.4, 0.5) is 0 Å². The van der Waals surface area contributed by atoms with Gasteiger partial charge in [-0.05, 0) is 62.4 Å². The molecule has 0 aromatic heterocycles. The monoisotopic (exact) mass is 402 g/mol. The van der Waals surface area contributed by atoms with Gasteiger partial charge in [0.25, 0.3) is 0 Å². The van der Waals surface area contributed by atoms with Crippen LogP contribution in [-0.2, 0) is 11.3 Å². The highest BCUT2D eigenvalue weighted by atomic mass is 79.9. The zero-order chi connectivity index (χ0) is 15.2. The topological polar surface area (TPSA) is 24.5 Å². The Morgan fingerprint density at radius 1 is 1.13 bits per heavy atom. The third-order valence-electron chi connectivity index (χ3n) is 4.93. The van der Waals surface area contributed by atoms with Crippen LogP contribution in [0.2, 0.25) is 0 Å². The molecular weight excluding hydrogens is 376 g/mol. The van der Waals surface area contributed by atoms with Crippen molar-refractivity contribution in [1.82, 2.24) is 10.2 Å². The normalized spacial score (nSPS) is 20.4. The van der Waals surface area contributed by atoms with Gasteiger partial charge in [-0.3, -0.25) is 4.90 Å². The Hall–Kier alpha value is -0.130. The Morgan fingerprint density at radius 3 is 2.57 bits per heavy atom. The van der Waals surface area contributed by atoms with Gasteiger partial charge in [0.05, 0.1) is 0 Å². The molecule has 0 bridgehead atoms. The molecule has 3 rings (SSSR count). The predicted molar refractivity (Wildman–Crippen MR) is 101 cm³/mol. The number of benzene rings is 1. The highest BCUT2D eigenvalue weighted by molar-refractivity contribution is 9.10. The number of rotatable bonds is 5. The number of hydrogen-bond acceptors (Lipinski definition) is 3. The Morgan fingerprint density at radius 2 is 1.87 bits per heavy atom. The lowest BCUT2D eigenvalue weighted by Crippen LogP contribution is -2.43. The van der Waals surface area contributed by atoms with E-state index in [1.807, 2.05) is 0 Å². The van der Waals surface area contributed by atoms with Gasteiger partial charge in [-0.1, -0.05) is 28.1 Å². The number of ether oxygens (including phenoxy) is 1. The van der Waals surface area contributed by atoms with Crippen molar-refractivity contribution in [2.75, 3.05) is 32.8 Å². The summed E-state index contributed by atoms with van der Waals surface area (Å²) in [7, 11) is 0. The molecule has 1 N–H and O–H groups in total. The molecule has 2 aliphatic heterocycles. The summed E-state index contributed by atoms with van der Waals surface area (Å²) in [5, 5.41) is 3.48. The summed E-state index contributed by atoms with van der Waals surface area (Å²) < 4.78 is 6.74. The van der Waals surface area contributed by atoms with Crippen LogP contribution in [0.1, 0.15) is 31.2 Å². The van der Waals surface area contributed by atoms with Gasteiger partial charge in [-0.15, -0.1) is 12.4 Å². The Bertz CT molecular complexity index is 462. The molecular formula is C18H28BrClN2O. The van der Waals surface area contributed by atoms with E-state index in [-0.39, 0.29) is 12.4 Å². The molecule has 130 valence electrons. The molecule has 0 amide bonds. The second-order valence-corrected chi connectivity index (χ2v) is 7.51. The number of halogens is 2. The van der Waals surface area contributed by atoms with Gasteiger partial charge in [-0.2, -0.15) is 0 Å². The van der Waals surface area contributed by atoms with Gasteiger partial charge < -0.3 is 10.1 Å². The van der Waals surface area contributed by atoms with Crippen molar-refractivity contribution in [1.29, 1.82) is 0 Å². The van der Waals surface area contributed by atoms with Crippen molar-refractivity contribution in [3.63, 3.8) is 0 Å². The molecule has 2 saturated heterocycles. The molecule has 0 unspecified atom stereocenters. The van der Waals surface area contributed by atoms with E-state index in [1.54, 1.807) is 0 Å².